The van der Waals surface area contributed by atoms with Crippen LogP contribution in [-0.2, 0) is 6.54 Å². The molecule has 0 amide bonds. The Morgan fingerprint density at radius 1 is 0.923 bits per heavy atom. The van der Waals surface area contributed by atoms with Gasteiger partial charge in [-0.25, -0.2) is 9.97 Å². The average molecular weight is 345 g/mol. The number of hydrogen-bond acceptors (Lipinski definition) is 6. The third kappa shape index (κ3) is 3.66. The van der Waals surface area contributed by atoms with E-state index in [1.807, 2.05) is 41.0 Å². The number of anilines is 1. The minimum Gasteiger partial charge on any atom is -0.369 e. The zero-order valence-corrected chi connectivity index (χ0v) is 14.3. The van der Waals surface area contributed by atoms with Crippen LogP contribution in [0.3, 0.4) is 0 Å². The summed E-state index contributed by atoms with van der Waals surface area (Å²) in [6, 6.07) is 11.9. The van der Waals surface area contributed by atoms with E-state index in [-0.39, 0.29) is 0 Å². The highest BCUT2D eigenvalue weighted by atomic mass is 15.2. The van der Waals surface area contributed by atoms with Crippen LogP contribution in [0, 0.1) is 0 Å². The molecule has 4 rings (SSSR count). The van der Waals surface area contributed by atoms with E-state index in [1.165, 1.54) is 0 Å². The summed E-state index contributed by atoms with van der Waals surface area (Å²) in [5.41, 5.74) is 1.84. The van der Waals surface area contributed by atoms with E-state index < -0.39 is 0 Å². The first-order valence-electron chi connectivity index (χ1n) is 8.63. The quantitative estimate of drug-likeness (QED) is 0.518. The lowest BCUT2D eigenvalue weighted by molar-refractivity contribution is 0.619. The number of fused-ring (bicyclic) bond motifs is 1. The molecule has 3 aromatic heterocycles. The Bertz CT molecular complexity index is 968. The molecule has 7 heteroatoms. The number of rotatable bonds is 7. The molecular formula is C19H19N7. The highest BCUT2D eigenvalue weighted by molar-refractivity contribution is 5.90. The fraction of sp³-hybridized carbons (Fsp3) is 0.211. The van der Waals surface area contributed by atoms with Gasteiger partial charge >= 0.3 is 0 Å². The van der Waals surface area contributed by atoms with E-state index in [1.54, 1.807) is 25.0 Å². The van der Waals surface area contributed by atoms with Crippen molar-refractivity contribution in [3.05, 3.63) is 61.4 Å². The van der Waals surface area contributed by atoms with Crippen LogP contribution < -0.4 is 5.32 Å². The van der Waals surface area contributed by atoms with E-state index in [9.17, 15) is 0 Å². The first-order valence-corrected chi connectivity index (χ1v) is 8.63. The van der Waals surface area contributed by atoms with Crippen LogP contribution in [0.25, 0.3) is 22.3 Å². The summed E-state index contributed by atoms with van der Waals surface area (Å²) in [6.45, 7) is 1.76. The van der Waals surface area contributed by atoms with Crippen molar-refractivity contribution in [2.24, 2.45) is 0 Å². The van der Waals surface area contributed by atoms with Gasteiger partial charge in [-0.15, -0.1) is 10.2 Å². The summed E-state index contributed by atoms with van der Waals surface area (Å²) in [7, 11) is 0. The van der Waals surface area contributed by atoms with Gasteiger partial charge in [0.1, 0.15) is 18.5 Å². The average Bonchev–Trinajstić information content (AvgIpc) is 3.21. The van der Waals surface area contributed by atoms with Crippen molar-refractivity contribution in [1.29, 1.82) is 0 Å². The number of aromatic nitrogens is 6. The number of benzene rings is 1. The second-order valence-corrected chi connectivity index (χ2v) is 5.99. The topological polar surface area (TPSA) is 81.4 Å². The van der Waals surface area contributed by atoms with Crippen LogP contribution in [0.15, 0.2) is 61.4 Å². The molecule has 0 bridgehead atoms. The van der Waals surface area contributed by atoms with Crippen molar-refractivity contribution in [2.45, 2.75) is 19.4 Å². The molecule has 1 aromatic carbocycles. The van der Waals surface area contributed by atoms with E-state index in [2.05, 4.69) is 25.5 Å². The van der Waals surface area contributed by atoms with E-state index in [0.717, 1.165) is 48.2 Å². The van der Waals surface area contributed by atoms with Gasteiger partial charge in [0.05, 0.1) is 5.52 Å². The Labute approximate surface area is 151 Å². The van der Waals surface area contributed by atoms with Crippen LogP contribution >= 0.6 is 0 Å². The van der Waals surface area contributed by atoms with Gasteiger partial charge in [-0.2, -0.15) is 0 Å². The van der Waals surface area contributed by atoms with E-state index >= 15 is 0 Å². The molecule has 26 heavy (non-hydrogen) atoms. The van der Waals surface area contributed by atoms with Gasteiger partial charge in [0.2, 0.25) is 0 Å². The lowest BCUT2D eigenvalue weighted by Crippen LogP contribution is -2.07. The SMILES string of the molecule is c1cncc(-c2nc(NCCCCn3cnnc3)c3ccccc3n2)c1. The van der Waals surface area contributed by atoms with Crippen LogP contribution in [0.5, 0.6) is 0 Å². The minimum absolute atomic E-state index is 0.684. The van der Waals surface area contributed by atoms with Gasteiger partial charge in [0.15, 0.2) is 5.82 Å². The molecule has 4 aromatic rings. The molecule has 7 nitrogen and oxygen atoms in total. The van der Waals surface area contributed by atoms with Gasteiger partial charge < -0.3 is 9.88 Å². The van der Waals surface area contributed by atoms with Crippen LogP contribution in [0.1, 0.15) is 12.8 Å². The lowest BCUT2D eigenvalue weighted by Gasteiger charge is -2.11. The Morgan fingerprint density at radius 3 is 2.65 bits per heavy atom. The van der Waals surface area contributed by atoms with E-state index in [4.69, 9.17) is 4.98 Å². The first kappa shape index (κ1) is 16.1. The highest BCUT2D eigenvalue weighted by Crippen LogP contribution is 2.24. The number of aryl methyl sites for hydroxylation is 1. The van der Waals surface area contributed by atoms with Crippen LogP contribution in [-0.4, -0.2) is 36.3 Å². The highest BCUT2D eigenvalue weighted by Gasteiger charge is 2.09. The van der Waals surface area contributed by atoms with Crippen LogP contribution in [0.4, 0.5) is 5.82 Å². The molecule has 0 saturated carbocycles. The Hall–Kier alpha value is -3.35. The molecule has 130 valence electrons. The molecule has 0 aliphatic rings. The summed E-state index contributed by atoms with van der Waals surface area (Å²) in [5, 5.41) is 12.1. The van der Waals surface area contributed by atoms with Gasteiger partial charge in [0.25, 0.3) is 0 Å². The van der Waals surface area contributed by atoms with Crippen molar-refractivity contribution < 1.29 is 0 Å². The summed E-state index contributed by atoms with van der Waals surface area (Å²) in [5.74, 6) is 1.54. The molecule has 0 atom stereocenters. The molecule has 0 fully saturated rings. The van der Waals surface area contributed by atoms with Crippen molar-refractivity contribution in [3.8, 4) is 11.4 Å². The van der Waals surface area contributed by atoms with Crippen molar-refractivity contribution in [3.63, 3.8) is 0 Å². The molecule has 0 saturated heterocycles. The smallest absolute Gasteiger partial charge is 0.163 e. The maximum absolute atomic E-state index is 4.73. The summed E-state index contributed by atoms with van der Waals surface area (Å²) in [4.78, 5) is 13.6. The number of nitrogens with zero attached hydrogens (tertiary/aromatic N) is 6. The molecule has 0 unspecified atom stereocenters. The lowest BCUT2D eigenvalue weighted by atomic mass is 10.2. The largest absolute Gasteiger partial charge is 0.369 e. The fourth-order valence-electron chi connectivity index (χ4n) is 2.80. The van der Waals surface area contributed by atoms with Crippen LogP contribution in [0.2, 0.25) is 0 Å². The maximum Gasteiger partial charge on any atom is 0.163 e. The summed E-state index contributed by atoms with van der Waals surface area (Å²) >= 11 is 0. The van der Waals surface area contributed by atoms with Crippen molar-refractivity contribution in [1.82, 2.24) is 29.7 Å². The predicted octanol–water partition coefficient (Wildman–Crippen LogP) is 3.18. The molecule has 0 aliphatic carbocycles. The number of hydrogen-bond donors (Lipinski definition) is 1. The Balaban J connectivity index is 1.49. The summed E-state index contributed by atoms with van der Waals surface area (Å²) in [6.07, 6.45) is 9.09. The monoisotopic (exact) mass is 345 g/mol. The summed E-state index contributed by atoms with van der Waals surface area (Å²) < 4.78 is 1.99. The molecule has 1 N–H and O–H groups in total. The van der Waals surface area contributed by atoms with E-state index in [0.29, 0.717) is 5.82 Å². The van der Waals surface area contributed by atoms with Gasteiger partial charge in [0, 0.05) is 36.4 Å². The number of para-hydroxylation sites is 1. The third-order valence-corrected chi connectivity index (χ3v) is 4.13. The zero-order valence-electron chi connectivity index (χ0n) is 14.3. The normalized spacial score (nSPS) is 10.9. The number of nitrogens with one attached hydrogen (secondary N) is 1. The third-order valence-electron chi connectivity index (χ3n) is 4.13. The first-order chi connectivity index (χ1) is 12.9. The molecule has 0 radical (unpaired) electrons. The second-order valence-electron chi connectivity index (χ2n) is 5.99. The van der Waals surface area contributed by atoms with Gasteiger partial charge in [-0.1, -0.05) is 12.1 Å². The van der Waals surface area contributed by atoms with Gasteiger partial charge in [-0.05, 0) is 37.1 Å². The number of unbranched alkanes of at least 4 members (excludes halogenated alkanes) is 1. The molecule has 0 spiro atoms. The Morgan fingerprint density at radius 2 is 1.81 bits per heavy atom. The molecular weight excluding hydrogens is 326 g/mol. The number of pyridine rings is 1. The zero-order chi connectivity index (χ0) is 17.6. The van der Waals surface area contributed by atoms with Crippen molar-refractivity contribution in [2.75, 3.05) is 11.9 Å². The van der Waals surface area contributed by atoms with Gasteiger partial charge in [-0.3, -0.25) is 4.98 Å². The fourth-order valence-corrected chi connectivity index (χ4v) is 2.80. The maximum atomic E-state index is 4.73. The van der Waals surface area contributed by atoms with Crippen molar-refractivity contribution >= 4 is 16.7 Å². The molecule has 0 aliphatic heterocycles. The minimum atomic E-state index is 0.684. The molecule has 3 heterocycles. The predicted molar refractivity (Wildman–Crippen MR) is 101 cm³/mol. The standard InChI is InChI=1S/C19H19N7/c1-2-8-17-16(7-1)19(21-10-3-4-11-26-13-22-23-14-26)25-18(24-17)15-6-5-9-20-12-15/h1-2,5-9,12-14H,3-4,10-11H2,(H,21,24,25). The second kappa shape index (κ2) is 7.69. The Kier molecular flexibility index (Phi) is 4.77.